The molecule has 5 nitrogen and oxygen atoms in total. The highest BCUT2D eigenvalue weighted by molar-refractivity contribution is 5.88. The number of carboxylic acid groups (broad SMARTS) is 1. The second-order valence-electron chi connectivity index (χ2n) is 3.76. The third kappa shape index (κ3) is 4.87. The maximum atomic E-state index is 13.2. The van der Waals surface area contributed by atoms with Gasteiger partial charge in [0, 0.05) is 6.07 Å². The van der Waals surface area contributed by atoms with Crippen molar-refractivity contribution in [2.24, 2.45) is 5.73 Å². The number of benzene rings is 1. The van der Waals surface area contributed by atoms with Gasteiger partial charge in [-0.3, -0.25) is 9.59 Å². The van der Waals surface area contributed by atoms with Gasteiger partial charge < -0.3 is 15.6 Å². The van der Waals surface area contributed by atoms with Crippen molar-refractivity contribution in [1.29, 1.82) is 0 Å². The number of hydrogen-bond donors (Lipinski definition) is 2. The maximum Gasteiger partial charge on any atom is 0.305 e. The van der Waals surface area contributed by atoms with Gasteiger partial charge in [0.25, 0.3) is 0 Å². The lowest BCUT2D eigenvalue weighted by Gasteiger charge is -2.11. The van der Waals surface area contributed by atoms with Crippen molar-refractivity contribution in [3.63, 3.8) is 0 Å². The van der Waals surface area contributed by atoms with Gasteiger partial charge >= 0.3 is 5.97 Å². The van der Waals surface area contributed by atoms with Crippen LogP contribution in [0.2, 0.25) is 0 Å². The summed E-state index contributed by atoms with van der Waals surface area (Å²) < 4.78 is 56.3. The highest BCUT2D eigenvalue weighted by Crippen LogP contribution is 2.26. The number of Topliss-reactive ketones (excluding diaryl/α,β-unsaturated/α-hetero) is 1. The molecule has 1 aromatic rings. The van der Waals surface area contributed by atoms with Gasteiger partial charge in [-0.1, -0.05) is 0 Å². The zero-order valence-corrected chi connectivity index (χ0v) is 11.1. The average molecular weight is 332 g/mol. The van der Waals surface area contributed by atoms with Gasteiger partial charge in [0.1, 0.15) is 6.61 Å². The Morgan fingerprint density at radius 3 is 2.10 bits per heavy atom. The van der Waals surface area contributed by atoms with E-state index in [1.165, 1.54) is 0 Å². The third-order valence-corrected chi connectivity index (χ3v) is 2.24. The van der Waals surface area contributed by atoms with E-state index in [9.17, 15) is 27.2 Å². The molecule has 0 saturated carbocycles. The monoisotopic (exact) mass is 331 g/mol. The van der Waals surface area contributed by atoms with Crippen molar-refractivity contribution >= 4 is 24.2 Å². The normalized spacial score (nSPS) is 11.5. The minimum atomic E-state index is -1.80. The van der Waals surface area contributed by atoms with E-state index in [1.54, 1.807) is 0 Å². The average Bonchev–Trinajstić information content (AvgIpc) is 2.35. The quantitative estimate of drug-likeness (QED) is 0.608. The summed E-state index contributed by atoms with van der Waals surface area (Å²) >= 11 is 0. The topological polar surface area (TPSA) is 89.6 Å². The van der Waals surface area contributed by atoms with Crippen molar-refractivity contribution in [1.82, 2.24) is 0 Å². The van der Waals surface area contributed by atoms with Crippen LogP contribution < -0.4 is 10.5 Å². The molecule has 1 atom stereocenters. The Kier molecular flexibility index (Phi) is 7.10. The summed E-state index contributed by atoms with van der Waals surface area (Å²) in [6, 6.07) is -1.48. The number of carbonyl (C=O) groups excluding carboxylic acids is 1. The first-order valence-electron chi connectivity index (χ1n) is 5.20. The van der Waals surface area contributed by atoms with Crippen molar-refractivity contribution in [3.05, 3.63) is 29.3 Å². The lowest BCUT2D eigenvalue weighted by Crippen LogP contribution is -2.36. The van der Waals surface area contributed by atoms with Crippen LogP contribution in [0.15, 0.2) is 6.07 Å². The molecular formula is C11H10ClF4NO4. The molecule has 0 radical (unpaired) electrons. The van der Waals surface area contributed by atoms with Crippen molar-refractivity contribution in [2.45, 2.75) is 12.5 Å². The molecule has 1 aromatic carbocycles. The molecule has 0 aliphatic heterocycles. The van der Waals surface area contributed by atoms with Crippen LogP contribution in [0.25, 0.3) is 0 Å². The molecular weight excluding hydrogens is 322 g/mol. The van der Waals surface area contributed by atoms with E-state index in [0.29, 0.717) is 0 Å². The third-order valence-electron chi connectivity index (χ3n) is 2.24. The first kappa shape index (κ1) is 19.1. The van der Waals surface area contributed by atoms with Crippen molar-refractivity contribution in [2.75, 3.05) is 6.61 Å². The zero-order valence-electron chi connectivity index (χ0n) is 10.2. The molecule has 1 rings (SSSR count). The van der Waals surface area contributed by atoms with Gasteiger partial charge in [0.2, 0.25) is 11.6 Å². The van der Waals surface area contributed by atoms with E-state index in [2.05, 4.69) is 4.74 Å². The molecule has 0 aliphatic rings. The molecule has 1 unspecified atom stereocenters. The Hall–Kier alpha value is -1.87. The predicted octanol–water partition coefficient (Wildman–Crippen LogP) is 1.41. The number of ether oxygens (including phenoxy) is 1. The number of carbonyl (C=O) groups is 2. The van der Waals surface area contributed by atoms with Crippen LogP contribution in [0.5, 0.6) is 5.75 Å². The Labute approximate surface area is 122 Å². The molecule has 3 N–H and O–H groups in total. The fourth-order valence-corrected chi connectivity index (χ4v) is 1.23. The van der Waals surface area contributed by atoms with Gasteiger partial charge in [-0.15, -0.1) is 12.4 Å². The van der Waals surface area contributed by atoms with Crippen LogP contribution in [0, 0.1) is 23.3 Å². The van der Waals surface area contributed by atoms with Crippen LogP contribution in [-0.4, -0.2) is 29.5 Å². The molecule has 0 spiro atoms. The summed E-state index contributed by atoms with van der Waals surface area (Å²) in [4.78, 5) is 21.6. The van der Waals surface area contributed by atoms with E-state index in [1.807, 2.05) is 0 Å². The Morgan fingerprint density at radius 2 is 1.67 bits per heavy atom. The Bertz CT molecular complexity index is 529. The fourth-order valence-electron chi connectivity index (χ4n) is 1.23. The minimum absolute atomic E-state index is 0. The van der Waals surface area contributed by atoms with Crippen molar-refractivity contribution < 1.29 is 37.0 Å². The summed E-state index contributed by atoms with van der Waals surface area (Å²) in [6.45, 7) is -1.02. The number of carboxylic acids is 1. The summed E-state index contributed by atoms with van der Waals surface area (Å²) in [7, 11) is 0. The summed E-state index contributed by atoms with van der Waals surface area (Å²) in [6.07, 6.45) is -0.718. The number of hydrogen-bond acceptors (Lipinski definition) is 4. The highest BCUT2D eigenvalue weighted by atomic mass is 35.5. The minimum Gasteiger partial charge on any atom is -0.481 e. The molecule has 0 amide bonds. The van der Waals surface area contributed by atoms with E-state index in [4.69, 9.17) is 10.8 Å². The van der Waals surface area contributed by atoms with Gasteiger partial charge in [0.15, 0.2) is 23.2 Å². The Balaban J connectivity index is 0.00000400. The smallest absolute Gasteiger partial charge is 0.305 e. The van der Waals surface area contributed by atoms with E-state index >= 15 is 0 Å². The maximum absolute atomic E-state index is 13.2. The zero-order chi connectivity index (χ0) is 15.4. The summed E-state index contributed by atoms with van der Waals surface area (Å²) in [5.74, 6) is -10.7. The van der Waals surface area contributed by atoms with Crippen LogP contribution in [0.4, 0.5) is 17.6 Å². The first-order chi connectivity index (χ1) is 9.23. The molecule has 0 aromatic heterocycles. The first-order valence-corrected chi connectivity index (χ1v) is 5.20. The van der Waals surface area contributed by atoms with Crippen LogP contribution >= 0.6 is 12.4 Å². The van der Waals surface area contributed by atoms with E-state index in [-0.39, 0.29) is 18.5 Å². The fraction of sp³-hybridized carbons (Fsp3) is 0.273. The van der Waals surface area contributed by atoms with Crippen LogP contribution in [-0.2, 0) is 9.59 Å². The van der Waals surface area contributed by atoms with Crippen molar-refractivity contribution in [3.8, 4) is 5.75 Å². The lowest BCUT2D eigenvalue weighted by molar-refractivity contribution is -0.139. The lowest BCUT2D eigenvalue weighted by atomic mass is 10.1. The predicted molar refractivity (Wildman–Crippen MR) is 64.3 cm³/mol. The van der Waals surface area contributed by atoms with Gasteiger partial charge in [-0.25, -0.2) is 8.78 Å². The number of aliphatic carboxylic acids is 1. The molecule has 10 heteroatoms. The number of nitrogens with two attached hydrogens (primary N) is 1. The van der Waals surface area contributed by atoms with Crippen LogP contribution in [0.1, 0.15) is 6.42 Å². The van der Waals surface area contributed by atoms with E-state index in [0.717, 1.165) is 0 Å². The summed E-state index contributed by atoms with van der Waals surface area (Å²) in [5.41, 5.74) is 5.17. The second-order valence-corrected chi connectivity index (χ2v) is 3.76. The van der Waals surface area contributed by atoms with E-state index < -0.39 is 59.8 Å². The standard InChI is InChI=1S/C11H9F4NO4.ClH/c12-4-1-5(13)10(15)11(9(4)14)20-3-7(17)6(16)2-8(18)19;/h1,6H,2-3,16H2,(H,18,19);1H. The number of halogens is 5. The van der Waals surface area contributed by atoms with Gasteiger partial charge in [0.05, 0.1) is 12.5 Å². The number of ketones is 1. The van der Waals surface area contributed by atoms with Gasteiger partial charge in [-0.05, 0) is 0 Å². The molecule has 0 aliphatic carbocycles. The molecule has 21 heavy (non-hydrogen) atoms. The molecule has 0 saturated heterocycles. The number of rotatable bonds is 6. The SMILES string of the molecule is Cl.NC(CC(=O)O)C(=O)COc1c(F)c(F)cc(F)c1F. The van der Waals surface area contributed by atoms with Gasteiger partial charge in [-0.2, -0.15) is 8.78 Å². The molecule has 0 fully saturated rings. The molecule has 0 bridgehead atoms. The van der Waals surface area contributed by atoms with Crippen LogP contribution in [0.3, 0.4) is 0 Å². The molecule has 118 valence electrons. The summed E-state index contributed by atoms with van der Waals surface area (Å²) in [5, 5.41) is 8.39. The second kappa shape index (κ2) is 7.79. The molecule has 0 heterocycles. The largest absolute Gasteiger partial charge is 0.481 e. The highest BCUT2D eigenvalue weighted by Gasteiger charge is 2.23. The Morgan fingerprint density at radius 1 is 1.19 bits per heavy atom.